The van der Waals surface area contributed by atoms with Gasteiger partial charge in [-0.15, -0.1) is 0 Å². The highest BCUT2D eigenvalue weighted by Gasteiger charge is 2.22. The molecule has 0 amide bonds. The molecule has 0 spiro atoms. The first-order valence-corrected chi connectivity index (χ1v) is 6.41. The van der Waals surface area contributed by atoms with E-state index in [4.69, 9.17) is 0 Å². The van der Waals surface area contributed by atoms with Crippen molar-refractivity contribution in [1.29, 1.82) is 0 Å². The summed E-state index contributed by atoms with van der Waals surface area (Å²) in [5.74, 6) is 0.292. The Hall–Kier alpha value is -2.29. The zero-order valence-electron chi connectivity index (χ0n) is 10.8. The molecule has 0 saturated carbocycles. The summed E-state index contributed by atoms with van der Waals surface area (Å²) in [5, 5.41) is 14.3. The van der Waals surface area contributed by atoms with Crippen molar-refractivity contribution in [3.8, 4) is 5.75 Å². The maximum absolute atomic E-state index is 9.94. The number of benzene rings is 2. The van der Waals surface area contributed by atoms with E-state index in [1.54, 1.807) is 6.07 Å². The van der Waals surface area contributed by atoms with Crippen LogP contribution in [-0.2, 0) is 0 Å². The predicted octanol–water partition coefficient (Wildman–Crippen LogP) is 3.14. The molecule has 1 heterocycles. The topological polar surface area (TPSA) is 44.6 Å². The molecule has 3 rings (SSSR count). The van der Waals surface area contributed by atoms with Crippen molar-refractivity contribution < 1.29 is 5.11 Å². The molecular formula is C16H16N2O. The Balaban J connectivity index is 1.84. The Bertz CT molecular complexity index is 620. The highest BCUT2D eigenvalue weighted by atomic mass is 16.3. The van der Waals surface area contributed by atoms with Crippen molar-refractivity contribution in [1.82, 2.24) is 5.43 Å². The lowest BCUT2D eigenvalue weighted by Crippen LogP contribution is -2.09. The van der Waals surface area contributed by atoms with E-state index in [0.717, 1.165) is 23.3 Å². The fraction of sp³-hybridized carbons (Fsp3) is 0.188. The molecule has 0 fully saturated rings. The van der Waals surface area contributed by atoms with Gasteiger partial charge in [-0.3, -0.25) is 0 Å². The Morgan fingerprint density at radius 2 is 1.95 bits per heavy atom. The number of aryl methyl sites for hydroxylation is 1. The maximum Gasteiger partial charge on any atom is 0.124 e. The summed E-state index contributed by atoms with van der Waals surface area (Å²) in [6.45, 7) is 2.01. The third-order valence-corrected chi connectivity index (χ3v) is 3.42. The van der Waals surface area contributed by atoms with Crippen LogP contribution in [0.3, 0.4) is 0 Å². The smallest absolute Gasteiger partial charge is 0.124 e. The third kappa shape index (κ3) is 2.32. The quantitative estimate of drug-likeness (QED) is 0.862. The van der Waals surface area contributed by atoms with Crippen LogP contribution in [0, 0.1) is 6.92 Å². The molecule has 0 unspecified atom stereocenters. The standard InChI is InChI=1S/C16H16N2O/c1-11-7-8-16(19)13(9-11)15-10-14(17-18-15)12-5-3-2-4-6-12/h2-9,14,17,19H,10H2,1H3/t14-/m1/s1. The molecule has 0 aliphatic carbocycles. The van der Waals surface area contributed by atoms with Gasteiger partial charge in [-0.05, 0) is 24.6 Å². The van der Waals surface area contributed by atoms with E-state index in [1.165, 1.54) is 5.56 Å². The molecule has 19 heavy (non-hydrogen) atoms. The zero-order chi connectivity index (χ0) is 13.2. The van der Waals surface area contributed by atoms with Crippen molar-refractivity contribution in [2.75, 3.05) is 0 Å². The number of rotatable bonds is 2. The minimum atomic E-state index is 0.191. The van der Waals surface area contributed by atoms with Crippen LogP contribution < -0.4 is 5.43 Å². The lowest BCUT2D eigenvalue weighted by molar-refractivity contribution is 0.474. The number of hydrazone groups is 1. The number of hydrogen-bond acceptors (Lipinski definition) is 3. The minimum absolute atomic E-state index is 0.191. The van der Waals surface area contributed by atoms with Gasteiger partial charge < -0.3 is 10.5 Å². The van der Waals surface area contributed by atoms with Crippen molar-refractivity contribution in [2.45, 2.75) is 19.4 Å². The maximum atomic E-state index is 9.94. The average Bonchev–Trinajstić information content (AvgIpc) is 2.92. The molecule has 1 atom stereocenters. The monoisotopic (exact) mass is 252 g/mol. The van der Waals surface area contributed by atoms with Crippen LogP contribution in [-0.4, -0.2) is 10.8 Å². The van der Waals surface area contributed by atoms with Crippen LogP contribution in [0.5, 0.6) is 5.75 Å². The van der Waals surface area contributed by atoms with E-state index < -0.39 is 0 Å². The van der Waals surface area contributed by atoms with E-state index >= 15 is 0 Å². The van der Waals surface area contributed by atoms with Gasteiger partial charge in [-0.1, -0.05) is 42.0 Å². The van der Waals surface area contributed by atoms with Gasteiger partial charge in [-0.25, -0.2) is 0 Å². The number of phenolic OH excluding ortho intramolecular Hbond substituents is 1. The van der Waals surface area contributed by atoms with Crippen molar-refractivity contribution in [3.05, 3.63) is 65.2 Å². The van der Waals surface area contributed by atoms with Gasteiger partial charge in [0.15, 0.2) is 0 Å². The van der Waals surface area contributed by atoms with E-state index in [1.807, 2.05) is 37.3 Å². The average molecular weight is 252 g/mol. The highest BCUT2D eigenvalue weighted by molar-refractivity contribution is 6.04. The second-order valence-corrected chi connectivity index (χ2v) is 4.88. The molecule has 3 heteroatoms. The normalized spacial score (nSPS) is 17.9. The first-order valence-electron chi connectivity index (χ1n) is 6.41. The predicted molar refractivity (Wildman–Crippen MR) is 76.3 cm³/mol. The summed E-state index contributed by atoms with van der Waals surface area (Å²) in [6, 6.07) is 16.0. The van der Waals surface area contributed by atoms with Gasteiger partial charge in [0.1, 0.15) is 5.75 Å². The molecule has 1 aliphatic rings. The number of nitrogens with zero attached hydrogens (tertiary/aromatic N) is 1. The summed E-state index contributed by atoms with van der Waals surface area (Å²) in [5.41, 5.74) is 7.22. The molecule has 0 radical (unpaired) electrons. The van der Waals surface area contributed by atoms with Crippen molar-refractivity contribution in [3.63, 3.8) is 0 Å². The van der Waals surface area contributed by atoms with Gasteiger partial charge in [0, 0.05) is 12.0 Å². The van der Waals surface area contributed by atoms with Crippen LogP contribution in [0.2, 0.25) is 0 Å². The summed E-state index contributed by atoms with van der Waals surface area (Å²) < 4.78 is 0. The zero-order valence-corrected chi connectivity index (χ0v) is 10.8. The number of nitrogens with one attached hydrogen (secondary N) is 1. The third-order valence-electron chi connectivity index (χ3n) is 3.42. The SMILES string of the molecule is Cc1ccc(O)c(C2=NN[C@@H](c3ccccc3)C2)c1. The van der Waals surface area contributed by atoms with Crippen LogP contribution in [0.15, 0.2) is 53.6 Å². The van der Waals surface area contributed by atoms with Gasteiger partial charge in [-0.2, -0.15) is 5.10 Å². The number of phenols is 1. The molecule has 3 nitrogen and oxygen atoms in total. The van der Waals surface area contributed by atoms with E-state index in [9.17, 15) is 5.11 Å². The summed E-state index contributed by atoms with van der Waals surface area (Å²) >= 11 is 0. The molecule has 2 aromatic carbocycles. The van der Waals surface area contributed by atoms with Crippen LogP contribution in [0.4, 0.5) is 0 Å². The molecular weight excluding hydrogens is 236 g/mol. The molecule has 1 aliphatic heterocycles. The molecule has 2 N–H and O–H groups in total. The molecule has 0 aromatic heterocycles. The van der Waals surface area contributed by atoms with Crippen LogP contribution in [0.1, 0.15) is 29.2 Å². The van der Waals surface area contributed by atoms with E-state index in [0.29, 0.717) is 5.75 Å². The van der Waals surface area contributed by atoms with Gasteiger partial charge in [0.2, 0.25) is 0 Å². The number of aromatic hydroxyl groups is 1. The lowest BCUT2D eigenvalue weighted by Gasteiger charge is -2.10. The van der Waals surface area contributed by atoms with Crippen LogP contribution in [0.25, 0.3) is 0 Å². The molecule has 0 saturated heterocycles. The molecule has 96 valence electrons. The van der Waals surface area contributed by atoms with E-state index in [2.05, 4.69) is 22.7 Å². The summed E-state index contributed by atoms with van der Waals surface area (Å²) in [4.78, 5) is 0. The Morgan fingerprint density at radius 3 is 2.74 bits per heavy atom. The van der Waals surface area contributed by atoms with Gasteiger partial charge >= 0.3 is 0 Å². The fourth-order valence-electron chi connectivity index (χ4n) is 2.37. The van der Waals surface area contributed by atoms with Crippen molar-refractivity contribution >= 4 is 5.71 Å². The highest BCUT2D eigenvalue weighted by Crippen LogP contribution is 2.28. The number of hydrogen-bond donors (Lipinski definition) is 2. The van der Waals surface area contributed by atoms with E-state index in [-0.39, 0.29) is 6.04 Å². The van der Waals surface area contributed by atoms with Gasteiger partial charge in [0.25, 0.3) is 0 Å². The second kappa shape index (κ2) is 4.76. The van der Waals surface area contributed by atoms with Crippen molar-refractivity contribution in [2.24, 2.45) is 5.10 Å². The molecule has 0 bridgehead atoms. The Morgan fingerprint density at radius 1 is 1.16 bits per heavy atom. The Labute approximate surface area is 112 Å². The largest absolute Gasteiger partial charge is 0.507 e. The second-order valence-electron chi connectivity index (χ2n) is 4.88. The fourth-order valence-corrected chi connectivity index (χ4v) is 2.37. The summed E-state index contributed by atoms with van der Waals surface area (Å²) in [6.07, 6.45) is 0.793. The first kappa shape index (κ1) is 11.8. The Kier molecular flexibility index (Phi) is 2.95. The first-order chi connectivity index (χ1) is 9.24. The molecule has 2 aromatic rings. The van der Waals surface area contributed by atoms with Gasteiger partial charge in [0.05, 0.1) is 11.8 Å². The van der Waals surface area contributed by atoms with Crippen LogP contribution >= 0.6 is 0 Å². The summed E-state index contributed by atoms with van der Waals surface area (Å²) in [7, 11) is 0. The lowest BCUT2D eigenvalue weighted by atomic mass is 9.98. The minimum Gasteiger partial charge on any atom is -0.507 e.